The summed E-state index contributed by atoms with van der Waals surface area (Å²) >= 11 is 0. The summed E-state index contributed by atoms with van der Waals surface area (Å²) < 4.78 is 11.3. The van der Waals surface area contributed by atoms with Crippen molar-refractivity contribution in [3.63, 3.8) is 0 Å². The minimum Gasteiger partial charge on any atom is -0.486 e. The fraction of sp³-hybridized carbons (Fsp3) is 0.571. The zero-order valence-electron chi connectivity index (χ0n) is 11.2. The molecule has 2 aliphatic rings. The number of fused-ring (bicyclic) bond motifs is 2. The van der Waals surface area contributed by atoms with E-state index in [1.807, 2.05) is 0 Å². The Labute approximate surface area is 108 Å². The second kappa shape index (κ2) is 4.26. The van der Waals surface area contributed by atoms with Gasteiger partial charge < -0.3 is 19.7 Å². The van der Waals surface area contributed by atoms with Crippen LogP contribution in [0.5, 0.6) is 11.5 Å². The first kappa shape index (κ1) is 11.5. The molecule has 0 spiro atoms. The van der Waals surface area contributed by atoms with Crippen molar-refractivity contribution in [3.05, 3.63) is 12.1 Å². The Hall–Kier alpha value is -1.58. The van der Waals surface area contributed by atoms with Crippen LogP contribution in [0.1, 0.15) is 13.8 Å². The Morgan fingerprint density at radius 1 is 1.22 bits per heavy atom. The molecule has 1 aromatic rings. The van der Waals surface area contributed by atoms with Crippen molar-refractivity contribution >= 4 is 11.4 Å². The molecule has 1 N–H and O–H groups in total. The van der Waals surface area contributed by atoms with Crippen LogP contribution in [0.2, 0.25) is 0 Å². The molecule has 1 atom stereocenters. The highest BCUT2D eigenvalue weighted by atomic mass is 16.6. The van der Waals surface area contributed by atoms with Crippen molar-refractivity contribution in [1.82, 2.24) is 0 Å². The first-order valence-electron chi connectivity index (χ1n) is 6.56. The summed E-state index contributed by atoms with van der Waals surface area (Å²) in [5.41, 5.74) is 2.34. The van der Waals surface area contributed by atoms with Gasteiger partial charge in [-0.1, -0.05) is 13.8 Å². The number of nitrogens with one attached hydrogen (secondary N) is 1. The molecular weight excluding hydrogens is 228 g/mol. The number of likely N-dealkylation sites (N-methyl/N-ethyl adjacent to an activating group) is 1. The molecule has 1 unspecified atom stereocenters. The van der Waals surface area contributed by atoms with Crippen LogP contribution in [0.25, 0.3) is 0 Å². The van der Waals surface area contributed by atoms with Gasteiger partial charge in [0, 0.05) is 31.8 Å². The summed E-state index contributed by atoms with van der Waals surface area (Å²) in [6.07, 6.45) is 0. The van der Waals surface area contributed by atoms with Crippen LogP contribution in [-0.4, -0.2) is 32.8 Å². The predicted octanol–water partition coefficient (Wildman–Crippen LogP) is 2.34. The minimum atomic E-state index is 0.477. The molecule has 0 amide bonds. The molecule has 1 aromatic carbocycles. The molecule has 0 aliphatic carbocycles. The molecule has 0 saturated carbocycles. The van der Waals surface area contributed by atoms with Gasteiger partial charge in [-0.25, -0.2) is 0 Å². The molecule has 18 heavy (non-hydrogen) atoms. The van der Waals surface area contributed by atoms with Crippen LogP contribution in [0.15, 0.2) is 12.1 Å². The highest BCUT2D eigenvalue weighted by Gasteiger charge is 2.26. The zero-order chi connectivity index (χ0) is 12.7. The summed E-state index contributed by atoms with van der Waals surface area (Å²) in [7, 11) is 2.13. The van der Waals surface area contributed by atoms with Gasteiger partial charge in [0.1, 0.15) is 13.2 Å². The van der Waals surface area contributed by atoms with E-state index in [-0.39, 0.29) is 0 Å². The van der Waals surface area contributed by atoms with Gasteiger partial charge in [-0.15, -0.1) is 0 Å². The maximum absolute atomic E-state index is 5.64. The van der Waals surface area contributed by atoms with Crippen LogP contribution in [0, 0.1) is 5.92 Å². The van der Waals surface area contributed by atoms with Gasteiger partial charge in [0.15, 0.2) is 11.5 Å². The molecule has 2 aliphatic heterocycles. The van der Waals surface area contributed by atoms with Crippen molar-refractivity contribution < 1.29 is 9.47 Å². The average molecular weight is 248 g/mol. The van der Waals surface area contributed by atoms with Gasteiger partial charge in [-0.05, 0) is 5.92 Å². The molecule has 0 bridgehead atoms. The third kappa shape index (κ3) is 1.85. The number of benzene rings is 1. The molecule has 98 valence electrons. The van der Waals surface area contributed by atoms with Crippen molar-refractivity contribution in [2.45, 2.75) is 19.9 Å². The lowest BCUT2D eigenvalue weighted by Gasteiger charge is -2.37. The summed E-state index contributed by atoms with van der Waals surface area (Å²) in [6.45, 7) is 6.78. The van der Waals surface area contributed by atoms with Crippen LogP contribution in [-0.2, 0) is 0 Å². The van der Waals surface area contributed by atoms with E-state index in [4.69, 9.17) is 9.47 Å². The fourth-order valence-corrected chi connectivity index (χ4v) is 2.53. The van der Waals surface area contributed by atoms with Gasteiger partial charge in [-0.3, -0.25) is 0 Å². The standard InChI is InChI=1S/C14H20N2O2/c1-9(2)11-8-16(3)12-7-14-13(6-10(12)15-11)17-4-5-18-14/h6-7,9,11,15H,4-5,8H2,1-3H3. The highest BCUT2D eigenvalue weighted by molar-refractivity contribution is 5.77. The smallest absolute Gasteiger partial charge is 0.163 e. The third-order valence-electron chi connectivity index (χ3n) is 3.69. The number of ether oxygens (including phenoxy) is 2. The van der Waals surface area contributed by atoms with Gasteiger partial charge in [0.25, 0.3) is 0 Å². The number of hydrogen-bond acceptors (Lipinski definition) is 4. The van der Waals surface area contributed by atoms with E-state index < -0.39 is 0 Å². The van der Waals surface area contributed by atoms with Gasteiger partial charge in [0.05, 0.1) is 11.4 Å². The van der Waals surface area contributed by atoms with Crippen molar-refractivity contribution in [2.75, 3.05) is 37.0 Å². The first-order chi connectivity index (χ1) is 8.65. The van der Waals surface area contributed by atoms with Crippen LogP contribution < -0.4 is 19.7 Å². The largest absolute Gasteiger partial charge is 0.486 e. The molecule has 2 heterocycles. The lowest BCUT2D eigenvalue weighted by atomic mass is 10.00. The van der Waals surface area contributed by atoms with Crippen LogP contribution >= 0.6 is 0 Å². The molecule has 0 aromatic heterocycles. The molecule has 0 radical (unpaired) electrons. The third-order valence-corrected chi connectivity index (χ3v) is 3.69. The van der Waals surface area contributed by atoms with E-state index in [0.29, 0.717) is 25.2 Å². The van der Waals surface area contributed by atoms with Crippen LogP contribution in [0.3, 0.4) is 0 Å². The zero-order valence-corrected chi connectivity index (χ0v) is 11.2. The first-order valence-corrected chi connectivity index (χ1v) is 6.56. The number of hydrogen-bond donors (Lipinski definition) is 1. The second-order valence-electron chi connectivity index (χ2n) is 5.39. The average Bonchev–Trinajstić information content (AvgIpc) is 2.36. The van der Waals surface area contributed by atoms with E-state index in [1.165, 1.54) is 5.69 Å². The van der Waals surface area contributed by atoms with E-state index in [1.54, 1.807) is 0 Å². The Balaban J connectivity index is 1.98. The number of anilines is 2. The normalized spacial score (nSPS) is 21.6. The molecular formula is C14H20N2O2. The van der Waals surface area contributed by atoms with Gasteiger partial charge in [0.2, 0.25) is 0 Å². The summed E-state index contributed by atoms with van der Waals surface area (Å²) in [4.78, 5) is 2.29. The van der Waals surface area contributed by atoms with Crippen molar-refractivity contribution in [1.29, 1.82) is 0 Å². The lowest BCUT2D eigenvalue weighted by molar-refractivity contribution is 0.171. The maximum Gasteiger partial charge on any atom is 0.163 e. The molecule has 0 saturated heterocycles. The number of nitrogens with zero attached hydrogens (tertiary/aromatic N) is 1. The Morgan fingerprint density at radius 3 is 2.56 bits per heavy atom. The van der Waals surface area contributed by atoms with E-state index >= 15 is 0 Å². The topological polar surface area (TPSA) is 33.7 Å². The minimum absolute atomic E-state index is 0.477. The highest BCUT2D eigenvalue weighted by Crippen LogP contribution is 2.42. The second-order valence-corrected chi connectivity index (χ2v) is 5.39. The Morgan fingerprint density at radius 2 is 1.89 bits per heavy atom. The van der Waals surface area contributed by atoms with E-state index in [0.717, 1.165) is 23.7 Å². The quantitative estimate of drug-likeness (QED) is 0.827. The molecule has 3 rings (SSSR count). The van der Waals surface area contributed by atoms with Crippen molar-refractivity contribution in [2.24, 2.45) is 5.92 Å². The molecule has 4 nitrogen and oxygen atoms in total. The fourth-order valence-electron chi connectivity index (χ4n) is 2.53. The van der Waals surface area contributed by atoms with Gasteiger partial charge in [-0.2, -0.15) is 0 Å². The number of rotatable bonds is 1. The Bertz CT molecular complexity index is 459. The lowest BCUT2D eigenvalue weighted by Crippen LogP contribution is -2.42. The molecule has 0 fully saturated rings. The van der Waals surface area contributed by atoms with E-state index in [2.05, 4.69) is 43.2 Å². The SMILES string of the molecule is CC(C)C1CN(C)c2cc3c(cc2N1)OCCO3. The monoisotopic (exact) mass is 248 g/mol. The van der Waals surface area contributed by atoms with E-state index in [9.17, 15) is 0 Å². The van der Waals surface area contributed by atoms with Crippen molar-refractivity contribution in [3.8, 4) is 11.5 Å². The van der Waals surface area contributed by atoms with Gasteiger partial charge >= 0.3 is 0 Å². The van der Waals surface area contributed by atoms with Crippen LogP contribution in [0.4, 0.5) is 11.4 Å². The molecule has 4 heteroatoms. The predicted molar refractivity (Wildman–Crippen MR) is 73.0 cm³/mol. The Kier molecular flexibility index (Phi) is 2.73. The summed E-state index contributed by atoms with van der Waals surface area (Å²) in [5.74, 6) is 2.32. The summed E-state index contributed by atoms with van der Waals surface area (Å²) in [5, 5.41) is 3.60. The summed E-state index contributed by atoms with van der Waals surface area (Å²) in [6, 6.07) is 4.62. The maximum atomic E-state index is 5.64.